The molecule has 2 aliphatic carbocycles. The van der Waals surface area contributed by atoms with Gasteiger partial charge in [0.2, 0.25) is 0 Å². The van der Waals surface area contributed by atoms with Crippen LogP contribution in [0.5, 0.6) is 0 Å². The molecule has 0 saturated heterocycles. The van der Waals surface area contributed by atoms with Crippen LogP contribution in [-0.2, 0) is 0 Å². The van der Waals surface area contributed by atoms with E-state index in [4.69, 9.17) is 0 Å². The third kappa shape index (κ3) is 3.92. The molecule has 2 heteroatoms. The van der Waals surface area contributed by atoms with Crippen LogP contribution in [-0.4, -0.2) is 11.3 Å². The van der Waals surface area contributed by atoms with E-state index in [9.17, 15) is 0 Å². The van der Waals surface area contributed by atoms with Gasteiger partial charge in [-0.2, -0.15) is 0 Å². The first-order valence-electron chi connectivity index (χ1n) is 9.53. The zero-order chi connectivity index (χ0) is 16.2. The predicted octanol–water partition coefficient (Wildman–Crippen LogP) is 5.33. The highest BCUT2D eigenvalue weighted by atomic mass is 31.1. The quantitative estimate of drug-likeness (QED) is 0.637. The summed E-state index contributed by atoms with van der Waals surface area (Å²) in [7, 11) is 2.05. The Morgan fingerprint density at radius 3 is 1.38 bits per heavy atom. The second-order valence-corrected chi connectivity index (χ2v) is 10.6. The van der Waals surface area contributed by atoms with Crippen molar-refractivity contribution in [3.8, 4) is 0 Å². The second-order valence-electron chi connectivity index (χ2n) is 7.42. The maximum Gasteiger partial charge on any atom is -0.0165 e. The van der Waals surface area contributed by atoms with Gasteiger partial charge in [0.25, 0.3) is 0 Å². The molecule has 0 aromatic heterocycles. The summed E-state index contributed by atoms with van der Waals surface area (Å²) in [6.07, 6.45) is 8.85. The van der Waals surface area contributed by atoms with Crippen molar-refractivity contribution in [1.82, 2.24) is 0 Å². The van der Waals surface area contributed by atoms with Gasteiger partial charge in [0.05, 0.1) is 0 Å². The number of benzene rings is 2. The predicted molar refractivity (Wildman–Crippen MR) is 111 cm³/mol. The molecular weight excluding hydrogens is 326 g/mol. The van der Waals surface area contributed by atoms with E-state index >= 15 is 0 Å². The second kappa shape index (κ2) is 8.12. The van der Waals surface area contributed by atoms with Crippen molar-refractivity contribution in [2.24, 2.45) is 11.8 Å². The Bertz CT molecular complexity index is 567. The summed E-state index contributed by atoms with van der Waals surface area (Å²) in [5.74, 6) is 1.99. The number of hydrogen-bond donors (Lipinski definition) is 0. The number of hydrogen-bond acceptors (Lipinski definition) is 0. The molecule has 0 radical (unpaired) electrons. The topological polar surface area (TPSA) is 0 Å². The van der Waals surface area contributed by atoms with Crippen molar-refractivity contribution in [3.63, 3.8) is 0 Å². The maximum absolute atomic E-state index is 2.34. The summed E-state index contributed by atoms with van der Waals surface area (Å²) in [4.78, 5) is 0. The Kier molecular flexibility index (Phi) is 5.67. The normalized spacial score (nSPS) is 30.8. The van der Waals surface area contributed by atoms with Gasteiger partial charge in [-0.3, -0.25) is 0 Å². The molecule has 0 spiro atoms. The fourth-order valence-corrected chi connectivity index (χ4v) is 8.44. The minimum Gasteiger partial charge on any atom is -0.0869 e. The molecule has 2 aromatic carbocycles. The Labute approximate surface area is 150 Å². The number of rotatable bonds is 5. The first-order chi connectivity index (χ1) is 11.9. The Morgan fingerprint density at radius 2 is 0.958 bits per heavy atom. The lowest BCUT2D eigenvalue weighted by Gasteiger charge is -2.30. The van der Waals surface area contributed by atoms with Crippen LogP contribution >= 0.6 is 17.2 Å². The molecule has 126 valence electrons. The molecule has 2 saturated carbocycles. The highest BCUT2D eigenvalue weighted by molar-refractivity contribution is 7.48. The van der Waals surface area contributed by atoms with Crippen molar-refractivity contribution >= 4 is 27.8 Å². The lowest BCUT2D eigenvalue weighted by molar-refractivity contribution is 0.359. The van der Waals surface area contributed by atoms with Gasteiger partial charge in [0.15, 0.2) is 0 Å². The molecule has 0 amide bonds. The Hall–Kier alpha value is -0.700. The smallest absolute Gasteiger partial charge is 0.0165 e. The molecule has 6 atom stereocenters. The van der Waals surface area contributed by atoms with E-state index in [1.165, 1.54) is 38.5 Å². The van der Waals surface area contributed by atoms with E-state index in [1.54, 1.807) is 10.6 Å². The van der Waals surface area contributed by atoms with Gasteiger partial charge in [0.1, 0.15) is 0 Å². The van der Waals surface area contributed by atoms with Crippen molar-refractivity contribution in [2.45, 2.75) is 49.8 Å². The monoisotopic (exact) mass is 354 g/mol. The van der Waals surface area contributed by atoms with Crippen LogP contribution in [0.1, 0.15) is 38.5 Å². The van der Waals surface area contributed by atoms with Crippen molar-refractivity contribution < 1.29 is 0 Å². The van der Waals surface area contributed by atoms with E-state index < -0.39 is 0 Å². The molecule has 2 aromatic rings. The summed E-state index contributed by atoms with van der Waals surface area (Å²) in [6.45, 7) is 0. The van der Waals surface area contributed by atoms with Crippen molar-refractivity contribution in [3.05, 3.63) is 60.7 Å². The van der Waals surface area contributed by atoms with E-state index in [2.05, 4.69) is 60.7 Å². The van der Waals surface area contributed by atoms with Crippen molar-refractivity contribution in [2.75, 3.05) is 0 Å². The van der Waals surface area contributed by atoms with Gasteiger partial charge in [-0.15, -0.1) is 0 Å². The van der Waals surface area contributed by atoms with Gasteiger partial charge in [-0.05, 0) is 59.4 Å². The van der Waals surface area contributed by atoms with E-state index in [0.29, 0.717) is 0 Å². The fraction of sp³-hybridized carbons (Fsp3) is 0.455. The summed E-state index contributed by atoms with van der Waals surface area (Å²) in [6, 6.07) is 22.5. The highest BCUT2D eigenvalue weighted by Crippen LogP contribution is 2.51. The minimum atomic E-state index is 0.957. The molecule has 0 heterocycles. The average Bonchev–Trinajstić information content (AvgIpc) is 3.26. The van der Waals surface area contributed by atoms with Crippen LogP contribution in [0, 0.1) is 11.8 Å². The van der Waals surface area contributed by atoms with Crippen LogP contribution in [0.2, 0.25) is 0 Å². The summed E-state index contributed by atoms with van der Waals surface area (Å²) in [5, 5.41) is 3.16. The molecule has 2 fully saturated rings. The van der Waals surface area contributed by atoms with Crippen LogP contribution in [0.3, 0.4) is 0 Å². The molecule has 2 aliphatic rings. The third-order valence-electron chi connectivity index (χ3n) is 5.94. The Balaban J connectivity index is 1.44. The maximum atomic E-state index is 2.34. The zero-order valence-electron chi connectivity index (χ0n) is 14.3. The molecule has 0 N–H and O–H groups in total. The van der Waals surface area contributed by atoms with E-state index in [0.717, 1.165) is 40.3 Å². The largest absolute Gasteiger partial charge is 0.0869 e. The lowest BCUT2D eigenvalue weighted by Crippen LogP contribution is -2.26. The first-order valence-corrected chi connectivity index (χ1v) is 11.7. The van der Waals surface area contributed by atoms with Crippen LogP contribution in [0.25, 0.3) is 0 Å². The molecular formula is C22H28P2. The molecule has 24 heavy (non-hydrogen) atoms. The SMILES string of the molecule is c1ccc(P[C@H]2CCC[C@H]2[C@@H]2CCC[C@@H]2Pc2ccccc2)cc1. The molecule has 0 aliphatic heterocycles. The fourth-order valence-electron chi connectivity index (χ4n) is 4.86. The van der Waals surface area contributed by atoms with Crippen LogP contribution < -0.4 is 10.6 Å². The summed E-state index contributed by atoms with van der Waals surface area (Å²) >= 11 is 0. The van der Waals surface area contributed by atoms with Gasteiger partial charge in [0, 0.05) is 0 Å². The average molecular weight is 354 g/mol. The molecule has 2 unspecified atom stereocenters. The van der Waals surface area contributed by atoms with Crippen LogP contribution in [0.4, 0.5) is 0 Å². The van der Waals surface area contributed by atoms with Crippen LogP contribution in [0.15, 0.2) is 60.7 Å². The highest BCUT2D eigenvalue weighted by Gasteiger charge is 2.39. The van der Waals surface area contributed by atoms with Crippen molar-refractivity contribution in [1.29, 1.82) is 0 Å². The molecule has 0 nitrogen and oxygen atoms in total. The first kappa shape index (κ1) is 16.8. The van der Waals surface area contributed by atoms with Gasteiger partial charge in [-0.1, -0.05) is 90.7 Å². The summed E-state index contributed by atoms with van der Waals surface area (Å²) in [5.41, 5.74) is 1.91. The molecule has 4 rings (SSSR count). The van der Waals surface area contributed by atoms with Gasteiger partial charge < -0.3 is 0 Å². The van der Waals surface area contributed by atoms with Gasteiger partial charge >= 0.3 is 0 Å². The van der Waals surface area contributed by atoms with E-state index in [1.807, 2.05) is 0 Å². The summed E-state index contributed by atoms with van der Waals surface area (Å²) < 4.78 is 0. The van der Waals surface area contributed by atoms with Gasteiger partial charge in [-0.25, -0.2) is 0 Å². The minimum absolute atomic E-state index is 0.957. The zero-order valence-corrected chi connectivity index (χ0v) is 16.3. The van der Waals surface area contributed by atoms with E-state index in [-0.39, 0.29) is 0 Å². The standard InChI is InChI=1S/C22H28P2/c1-3-9-17(10-4-1)23-21-15-7-13-19(21)20-14-8-16-22(20)24-18-11-5-2-6-12-18/h1-6,9-12,19-24H,7-8,13-16H2/t19-,20-,21-,22-/m0/s1. The third-order valence-corrected chi connectivity index (χ3v) is 9.45. The molecule has 0 bridgehead atoms. The Morgan fingerprint density at radius 1 is 0.542 bits per heavy atom. The lowest BCUT2D eigenvalue weighted by atomic mass is 9.89.